The highest BCUT2D eigenvalue weighted by Gasteiger charge is 2.03. The van der Waals surface area contributed by atoms with Crippen molar-refractivity contribution in [2.24, 2.45) is 0 Å². The van der Waals surface area contributed by atoms with E-state index in [4.69, 9.17) is 5.73 Å². The van der Waals surface area contributed by atoms with Crippen LogP contribution in [0.15, 0.2) is 32.5 Å². The standard InChI is InChI=1S/C13H14Br2N2S/c1-8-6-12(10(14)7-11(8)16)17-5-4-9-2-3-13(15)18-9/h2-3,6-7,17H,4-5,16H2,1H3. The van der Waals surface area contributed by atoms with Crippen LogP contribution in [0.1, 0.15) is 10.4 Å². The highest BCUT2D eigenvalue weighted by atomic mass is 79.9. The molecule has 3 N–H and O–H groups in total. The molecule has 0 saturated carbocycles. The van der Waals surface area contributed by atoms with E-state index >= 15 is 0 Å². The van der Waals surface area contributed by atoms with Crippen LogP contribution in [-0.2, 0) is 6.42 Å². The lowest BCUT2D eigenvalue weighted by Crippen LogP contribution is -2.05. The van der Waals surface area contributed by atoms with Gasteiger partial charge in [-0.1, -0.05) is 0 Å². The molecule has 0 aliphatic rings. The van der Waals surface area contributed by atoms with Crippen molar-refractivity contribution in [3.05, 3.63) is 43.0 Å². The van der Waals surface area contributed by atoms with Crippen LogP contribution < -0.4 is 11.1 Å². The Morgan fingerprint density at radius 2 is 2.06 bits per heavy atom. The van der Waals surface area contributed by atoms with E-state index in [0.717, 1.165) is 34.4 Å². The molecule has 2 nitrogen and oxygen atoms in total. The summed E-state index contributed by atoms with van der Waals surface area (Å²) < 4.78 is 2.19. The summed E-state index contributed by atoms with van der Waals surface area (Å²) in [7, 11) is 0. The topological polar surface area (TPSA) is 38.0 Å². The summed E-state index contributed by atoms with van der Waals surface area (Å²) in [5, 5.41) is 3.43. The van der Waals surface area contributed by atoms with Gasteiger partial charge >= 0.3 is 0 Å². The molecule has 0 bridgehead atoms. The van der Waals surface area contributed by atoms with E-state index in [1.807, 2.05) is 13.0 Å². The van der Waals surface area contributed by atoms with Crippen molar-refractivity contribution in [2.45, 2.75) is 13.3 Å². The van der Waals surface area contributed by atoms with Gasteiger partial charge in [-0.3, -0.25) is 0 Å². The number of benzene rings is 1. The monoisotopic (exact) mass is 388 g/mol. The Balaban J connectivity index is 1.96. The van der Waals surface area contributed by atoms with Gasteiger partial charge in [0.15, 0.2) is 0 Å². The summed E-state index contributed by atoms with van der Waals surface area (Å²) in [6, 6.07) is 8.26. The summed E-state index contributed by atoms with van der Waals surface area (Å²) in [6.07, 6.45) is 1.02. The maximum Gasteiger partial charge on any atom is 0.0701 e. The molecule has 96 valence electrons. The van der Waals surface area contributed by atoms with Crippen molar-refractivity contribution in [2.75, 3.05) is 17.6 Å². The zero-order chi connectivity index (χ0) is 13.1. The van der Waals surface area contributed by atoms with Gasteiger partial charge in [0.1, 0.15) is 0 Å². The van der Waals surface area contributed by atoms with E-state index in [-0.39, 0.29) is 0 Å². The predicted molar refractivity (Wildman–Crippen MR) is 87.5 cm³/mol. The summed E-state index contributed by atoms with van der Waals surface area (Å²) in [4.78, 5) is 1.37. The van der Waals surface area contributed by atoms with Crippen molar-refractivity contribution in [1.82, 2.24) is 0 Å². The third kappa shape index (κ3) is 3.49. The molecular weight excluding hydrogens is 376 g/mol. The Bertz CT molecular complexity index is 552. The van der Waals surface area contributed by atoms with Gasteiger partial charge in [-0.15, -0.1) is 11.3 Å². The van der Waals surface area contributed by atoms with E-state index in [9.17, 15) is 0 Å². The fourth-order valence-corrected chi connectivity index (χ4v) is 3.62. The lowest BCUT2D eigenvalue weighted by molar-refractivity contribution is 1.04. The highest BCUT2D eigenvalue weighted by Crippen LogP contribution is 2.28. The van der Waals surface area contributed by atoms with Crippen molar-refractivity contribution >= 4 is 54.6 Å². The molecule has 0 radical (unpaired) electrons. The predicted octanol–water partition coefficient (Wildman–Crippen LogP) is 4.82. The minimum absolute atomic E-state index is 0.814. The summed E-state index contributed by atoms with van der Waals surface area (Å²) in [6.45, 7) is 2.93. The quantitative estimate of drug-likeness (QED) is 0.735. The number of aryl methyl sites for hydroxylation is 1. The second-order valence-electron chi connectivity index (χ2n) is 4.07. The molecule has 18 heavy (non-hydrogen) atoms. The van der Waals surface area contributed by atoms with Crippen LogP contribution in [0.3, 0.4) is 0 Å². The number of anilines is 2. The van der Waals surface area contributed by atoms with Gasteiger partial charge in [0.2, 0.25) is 0 Å². The van der Waals surface area contributed by atoms with Crippen LogP contribution in [0.5, 0.6) is 0 Å². The fraction of sp³-hybridized carbons (Fsp3) is 0.231. The average Bonchev–Trinajstić information content (AvgIpc) is 2.71. The normalized spacial score (nSPS) is 10.6. The molecule has 1 aromatic carbocycles. The van der Waals surface area contributed by atoms with Gasteiger partial charge in [-0.25, -0.2) is 0 Å². The van der Waals surface area contributed by atoms with E-state index in [1.165, 1.54) is 8.66 Å². The summed E-state index contributed by atoms with van der Waals surface area (Å²) >= 11 is 8.78. The van der Waals surface area contributed by atoms with Crippen LogP contribution in [0.25, 0.3) is 0 Å². The highest BCUT2D eigenvalue weighted by molar-refractivity contribution is 9.11. The Morgan fingerprint density at radius 3 is 2.72 bits per heavy atom. The molecular formula is C13H14Br2N2S. The molecule has 0 aliphatic carbocycles. The van der Waals surface area contributed by atoms with E-state index in [1.54, 1.807) is 11.3 Å². The zero-order valence-corrected chi connectivity index (χ0v) is 14.0. The van der Waals surface area contributed by atoms with Crippen LogP contribution in [0, 0.1) is 6.92 Å². The smallest absolute Gasteiger partial charge is 0.0701 e. The third-order valence-electron chi connectivity index (χ3n) is 2.67. The van der Waals surface area contributed by atoms with Crippen LogP contribution >= 0.6 is 43.2 Å². The lowest BCUT2D eigenvalue weighted by atomic mass is 10.2. The Labute approximate surface area is 128 Å². The van der Waals surface area contributed by atoms with Crippen LogP contribution in [-0.4, -0.2) is 6.54 Å². The minimum atomic E-state index is 0.814. The van der Waals surface area contributed by atoms with Crippen molar-refractivity contribution in [3.8, 4) is 0 Å². The number of hydrogen-bond acceptors (Lipinski definition) is 3. The van der Waals surface area contributed by atoms with Gasteiger partial charge in [-0.2, -0.15) is 0 Å². The molecule has 0 saturated heterocycles. The second kappa shape index (κ2) is 6.08. The maximum atomic E-state index is 5.85. The molecule has 0 fully saturated rings. The molecule has 0 unspecified atom stereocenters. The Kier molecular flexibility index (Phi) is 4.70. The van der Waals surface area contributed by atoms with Crippen molar-refractivity contribution < 1.29 is 0 Å². The van der Waals surface area contributed by atoms with Crippen LogP contribution in [0.2, 0.25) is 0 Å². The molecule has 1 heterocycles. The molecule has 2 aromatic rings. The molecule has 2 rings (SSSR count). The number of hydrogen-bond donors (Lipinski definition) is 2. The molecule has 0 amide bonds. The number of nitrogens with two attached hydrogens (primary N) is 1. The Hall–Kier alpha value is -0.520. The van der Waals surface area contributed by atoms with Crippen LogP contribution in [0.4, 0.5) is 11.4 Å². The first-order valence-electron chi connectivity index (χ1n) is 5.60. The van der Waals surface area contributed by atoms with Crippen molar-refractivity contribution in [3.63, 3.8) is 0 Å². The first-order chi connectivity index (χ1) is 8.56. The van der Waals surface area contributed by atoms with Gasteiger partial charge in [0.25, 0.3) is 0 Å². The van der Waals surface area contributed by atoms with Gasteiger partial charge in [0, 0.05) is 27.3 Å². The fourth-order valence-electron chi connectivity index (χ4n) is 1.64. The number of halogens is 2. The SMILES string of the molecule is Cc1cc(NCCc2ccc(Br)s2)c(Br)cc1N. The number of nitrogens with one attached hydrogen (secondary N) is 1. The largest absolute Gasteiger partial charge is 0.398 e. The third-order valence-corrected chi connectivity index (χ3v) is 5.01. The lowest BCUT2D eigenvalue weighted by Gasteiger charge is -2.10. The van der Waals surface area contributed by atoms with Gasteiger partial charge in [-0.05, 0) is 75.0 Å². The first kappa shape index (κ1) is 13.9. The van der Waals surface area contributed by atoms with Crippen molar-refractivity contribution in [1.29, 1.82) is 0 Å². The van der Waals surface area contributed by atoms with Gasteiger partial charge < -0.3 is 11.1 Å². The average molecular weight is 390 g/mol. The molecule has 0 aliphatic heterocycles. The zero-order valence-electron chi connectivity index (χ0n) is 9.97. The molecule has 0 spiro atoms. The molecule has 0 atom stereocenters. The number of nitrogen functional groups attached to an aromatic ring is 1. The van der Waals surface area contributed by atoms with E-state index < -0.39 is 0 Å². The summed E-state index contributed by atoms with van der Waals surface area (Å²) in [5.41, 5.74) is 8.86. The van der Waals surface area contributed by atoms with Gasteiger partial charge in [0.05, 0.1) is 3.79 Å². The first-order valence-corrected chi connectivity index (χ1v) is 8.00. The second-order valence-corrected chi connectivity index (χ2v) is 7.47. The number of rotatable bonds is 4. The van der Waals surface area contributed by atoms with E-state index in [0.29, 0.717) is 0 Å². The Morgan fingerprint density at radius 1 is 1.28 bits per heavy atom. The number of thiophene rings is 1. The maximum absolute atomic E-state index is 5.85. The molecule has 1 aromatic heterocycles. The minimum Gasteiger partial charge on any atom is -0.398 e. The summed E-state index contributed by atoms with van der Waals surface area (Å²) in [5.74, 6) is 0. The van der Waals surface area contributed by atoms with E-state index in [2.05, 4.69) is 55.4 Å². The molecule has 5 heteroatoms.